The Labute approximate surface area is 162 Å². The van der Waals surface area contributed by atoms with Crippen LogP contribution >= 0.6 is 11.3 Å². The number of carbonyl (C=O) groups excluding carboxylic acids is 1. The number of aryl methyl sites for hydroxylation is 2. The Morgan fingerprint density at radius 2 is 2.04 bits per heavy atom. The molecule has 0 N–H and O–H groups in total. The SMILES string of the molecule is Cc1c(C(=O)N(C)C)sc2ncn3nc(Cn4nc(C(F)F)cc4C)nc3c12. The number of thiophene rings is 1. The molecule has 4 aromatic heterocycles. The van der Waals surface area contributed by atoms with Crippen molar-refractivity contribution in [2.45, 2.75) is 26.8 Å². The van der Waals surface area contributed by atoms with E-state index in [1.54, 1.807) is 21.0 Å². The first-order valence-corrected chi connectivity index (χ1v) is 9.25. The van der Waals surface area contributed by atoms with E-state index in [0.29, 0.717) is 26.9 Å². The van der Waals surface area contributed by atoms with Gasteiger partial charge in [-0.1, -0.05) is 0 Å². The molecule has 0 aliphatic heterocycles. The van der Waals surface area contributed by atoms with E-state index in [1.807, 2.05) is 6.92 Å². The topological polar surface area (TPSA) is 81.2 Å². The summed E-state index contributed by atoms with van der Waals surface area (Å²) in [7, 11) is 3.40. The van der Waals surface area contributed by atoms with Gasteiger partial charge in [0.05, 0.1) is 10.3 Å². The van der Waals surface area contributed by atoms with Gasteiger partial charge in [-0.2, -0.15) is 5.10 Å². The molecule has 0 saturated heterocycles. The van der Waals surface area contributed by atoms with Crippen LogP contribution in [0.15, 0.2) is 12.4 Å². The molecule has 28 heavy (non-hydrogen) atoms. The fourth-order valence-electron chi connectivity index (χ4n) is 2.99. The fraction of sp³-hybridized carbons (Fsp3) is 0.353. The van der Waals surface area contributed by atoms with Crippen LogP contribution in [0.3, 0.4) is 0 Å². The first-order chi connectivity index (χ1) is 13.3. The molecule has 4 rings (SSSR count). The zero-order valence-electron chi connectivity index (χ0n) is 15.6. The van der Waals surface area contributed by atoms with Gasteiger partial charge in [0.1, 0.15) is 23.4 Å². The number of fused-ring (bicyclic) bond motifs is 3. The Bertz CT molecular complexity index is 1210. The zero-order chi connectivity index (χ0) is 20.2. The van der Waals surface area contributed by atoms with Gasteiger partial charge in [-0.25, -0.2) is 23.3 Å². The third kappa shape index (κ3) is 2.91. The maximum Gasteiger partial charge on any atom is 0.282 e. The van der Waals surface area contributed by atoms with Crippen LogP contribution in [-0.4, -0.2) is 54.3 Å². The molecule has 0 aliphatic rings. The Hall–Kier alpha value is -2.95. The third-order valence-electron chi connectivity index (χ3n) is 4.43. The van der Waals surface area contributed by atoms with Crippen molar-refractivity contribution in [3.8, 4) is 0 Å². The molecule has 0 radical (unpaired) electrons. The molecular weight excluding hydrogens is 388 g/mol. The summed E-state index contributed by atoms with van der Waals surface area (Å²) in [5, 5.41) is 9.07. The summed E-state index contributed by atoms with van der Waals surface area (Å²) in [6.45, 7) is 3.73. The van der Waals surface area contributed by atoms with Crippen molar-refractivity contribution >= 4 is 33.1 Å². The Morgan fingerprint density at radius 1 is 1.29 bits per heavy atom. The molecule has 0 unspecified atom stereocenters. The largest absolute Gasteiger partial charge is 0.344 e. The lowest BCUT2D eigenvalue weighted by Gasteiger charge is -2.08. The number of amides is 1. The lowest BCUT2D eigenvalue weighted by Crippen LogP contribution is -2.21. The van der Waals surface area contributed by atoms with Gasteiger partial charge in [0, 0.05) is 19.8 Å². The molecule has 1 amide bonds. The lowest BCUT2D eigenvalue weighted by molar-refractivity contribution is 0.0831. The standard InChI is InChI=1S/C17H17F2N7OS/c1-8-5-10(14(18)19)22-25(8)6-11-21-15-12-9(2)13(17(27)24(3)4)28-16(12)20-7-26(15)23-11/h5,7,14H,6H2,1-4H3. The molecule has 0 fully saturated rings. The molecule has 0 bridgehead atoms. The first kappa shape index (κ1) is 18.4. The number of nitrogens with zero attached hydrogens (tertiary/aromatic N) is 7. The zero-order valence-corrected chi connectivity index (χ0v) is 16.5. The van der Waals surface area contributed by atoms with Crippen LogP contribution in [-0.2, 0) is 6.54 Å². The van der Waals surface area contributed by atoms with Crippen LogP contribution in [0.25, 0.3) is 15.9 Å². The maximum atomic E-state index is 12.9. The highest BCUT2D eigenvalue weighted by Gasteiger charge is 2.21. The van der Waals surface area contributed by atoms with E-state index in [0.717, 1.165) is 10.9 Å². The van der Waals surface area contributed by atoms with Gasteiger partial charge in [0.15, 0.2) is 11.5 Å². The van der Waals surface area contributed by atoms with E-state index in [1.165, 1.54) is 37.8 Å². The van der Waals surface area contributed by atoms with Crippen LogP contribution in [0.2, 0.25) is 0 Å². The van der Waals surface area contributed by atoms with E-state index in [-0.39, 0.29) is 18.1 Å². The quantitative estimate of drug-likeness (QED) is 0.522. The molecule has 146 valence electrons. The minimum atomic E-state index is -2.63. The van der Waals surface area contributed by atoms with Crippen molar-refractivity contribution in [1.82, 2.24) is 34.3 Å². The van der Waals surface area contributed by atoms with Crippen LogP contribution in [0, 0.1) is 13.8 Å². The van der Waals surface area contributed by atoms with Crippen molar-refractivity contribution in [3.05, 3.63) is 40.0 Å². The third-order valence-corrected chi connectivity index (χ3v) is 5.61. The van der Waals surface area contributed by atoms with E-state index in [2.05, 4.69) is 20.2 Å². The van der Waals surface area contributed by atoms with Gasteiger partial charge in [-0.15, -0.1) is 16.4 Å². The van der Waals surface area contributed by atoms with Gasteiger partial charge in [0.25, 0.3) is 12.3 Å². The number of halogens is 2. The summed E-state index contributed by atoms with van der Waals surface area (Å²) in [6, 6.07) is 1.35. The van der Waals surface area contributed by atoms with E-state index in [9.17, 15) is 13.6 Å². The summed E-state index contributed by atoms with van der Waals surface area (Å²) in [4.78, 5) is 24.2. The Kier molecular flexibility index (Phi) is 4.33. The molecule has 8 nitrogen and oxygen atoms in total. The smallest absolute Gasteiger partial charge is 0.282 e. The van der Waals surface area contributed by atoms with Crippen LogP contribution in [0.1, 0.15) is 38.9 Å². The van der Waals surface area contributed by atoms with Crippen LogP contribution in [0.4, 0.5) is 8.78 Å². The van der Waals surface area contributed by atoms with Gasteiger partial charge >= 0.3 is 0 Å². The van der Waals surface area contributed by atoms with Crippen molar-refractivity contribution in [2.24, 2.45) is 0 Å². The number of hydrogen-bond donors (Lipinski definition) is 0. The van der Waals surface area contributed by atoms with Crippen LogP contribution < -0.4 is 0 Å². The molecule has 0 atom stereocenters. The number of aromatic nitrogens is 6. The van der Waals surface area contributed by atoms with Gasteiger partial charge < -0.3 is 4.90 Å². The monoisotopic (exact) mass is 405 g/mol. The summed E-state index contributed by atoms with van der Waals surface area (Å²) in [6.07, 6.45) is -1.09. The normalized spacial score (nSPS) is 11.8. The molecule has 0 spiro atoms. The molecule has 0 aliphatic carbocycles. The average Bonchev–Trinajstić information content (AvgIpc) is 3.30. The van der Waals surface area contributed by atoms with Gasteiger partial charge in [0.2, 0.25) is 0 Å². The van der Waals surface area contributed by atoms with E-state index in [4.69, 9.17) is 0 Å². The minimum absolute atomic E-state index is 0.0925. The second kappa shape index (κ2) is 6.59. The number of rotatable bonds is 4. The first-order valence-electron chi connectivity index (χ1n) is 8.43. The fourth-order valence-corrected chi connectivity index (χ4v) is 4.15. The summed E-state index contributed by atoms with van der Waals surface area (Å²) in [5.74, 6) is 0.331. The predicted octanol–water partition coefficient (Wildman–Crippen LogP) is 2.84. The van der Waals surface area contributed by atoms with Gasteiger partial charge in [-0.3, -0.25) is 9.48 Å². The summed E-state index contributed by atoms with van der Waals surface area (Å²) >= 11 is 1.31. The maximum absolute atomic E-state index is 12.9. The predicted molar refractivity (Wildman–Crippen MR) is 99.9 cm³/mol. The molecule has 11 heteroatoms. The summed E-state index contributed by atoms with van der Waals surface area (Å²) in [5.41, 5.74) is 1.70. The van der Waals surface area contributed by atoms with Crippen molar-refractivity contribution in [3.63, 3.8) is 0 Å². The second-order valence-electron chi connectivity index (χ2n) is 6.65. The Balaban J connectivity index is 1.79. The molecule has 4 aromatic rings. The van der Waals surface area contributed by atoms with E-state index >= 15 is 0 Å². The lowest BCUT2D eigenvalue weighted by atomic mass is 10.2. The minimum Gasteiger partial charge on any atom is -0.344 e. The van der Waals surface area contributed by atoms with Crippen LogP contribution in [0.5, 0.6) is 0 Å². The molecule has 0 saturated carbocycles. The highest BCUT2D eigenvalue weighted by molar-refractivity contribution is 7.20. The van der Waals surface area contributed by atoms with Crippen molar-refractivity contribution in [2.75, 3.05) is 14.1 Å². The van der Waals surface area contributed by atoms with Gasteiger partial charge in [-0.05, 0) is 25.5 Å². The van der Waals surface area contributed by atoms with E-state index < -0.39 is 6.43 Å². The molecule has 4 heterocycles. The summed E-state index contributed by atoms with van der Waals surface area (Å²) < 4.78 is 28.7. The number of alkyl halides is 2. The molecular formula is C17H17F2N7OS. The number of hydrogen-bond acceptors (Lipinski definition) is 6. The molecule has 0 aromatic carbocycles. The Morgan fingerprint density at radius 3 is 2.68 bits per heavy atom. The highest BCUT2D eigenvalue weighted by atomic mass is 32.1. The number of carbonyl (C=O) groups is 1. The average molecular weight is 405 g/mol. The second-order valence-corrected chi connectivity index (χ2v) is 7.64. The van der Waals surface area contributed by atoms with Crippen molar-refractivity contribution in [1.29, 1.82) is 0 Å². The highest BCUT2D eigenvalue weighted by Crippen LogP contribution is 2.32. The van der Waals surface area contributed by atoms with Crippen molar-refractivity contribution < 1.29 is 13.6 Å².